The van der Waals surface area contributed by atoms with E-state index in [-0.39, 0.29) is 0 Å². The molecule has 0 saturated heterocycles. The smallest absolute Gasteiger partial charge is 0.316 e. The van der Waals surface area contributed by atoms with E-state index in [2.05, 4.69) is 11.1 Å². The summed E-state index contributed by atoms with van der Waals surface area (Å²) in [5, 5.41) is 20.0. The highest BCUT2D eigenvalue weighted by atomic mass is 32.2. The van der Waals surface area contributed by atoms with Crippen LogP contribution in [0, 0.1) is 11.3 Å². The summed E-state index contributed by atoms with van der Waals surface area (Å²) in [6.07, 6.45) is 5.06. The van der Waals surface area contributed by atoms with E-state index in [1.165, 1.54) is 17.3 Å². The molecule has 3 aromatic rings. The van der Waals surface area contributed by atoms with Crippen molar-refractivity contribution >= 4 is 28.5 Å². The van der Waals surface area contributed by atoms with Gasteiger partial charge in [-0.05, 0) is 53.8 Å². The molecule has 1 heterocycles. The fraction of sp³-hybridized carbons (Fsp3) is 0.190. The van der Waals surface area contributed by atoms with Crippen LogP contribution in [0.4, 0.5) is 0 Å². The van der Waals surface area contributed by atoms with E-state index < -0.39 is 11.2 Å². The first-order valence-electron chi connectivity index (χ1n) is 8.33. The topological polar surface area (TPSA) is 74.0 Å². The van der Waals surface area contributed by atoms with Gasteiger partial charge in [-0.25, -0.2) is 0 Å². The molecule has 0 saturated carbocycles. The normalized spacial score (nSPS) is 11.8. The highest BCUT2D eigenvalue weighted by Crippen LogP contribution is 2.29. The number of fused-ring (bicyclic) bond motifs is 1. The number of rotatable bonds is 6. The van der Waals surface area contributed by atoms with Gasteiger partial charge in [0.1, 0.15) is 5.25 Å². The third-order valence-corrected chi connectivity index (χ3v) is 5.52. The Morgan fingerprint density at radius 2 is 1.88 bits per heavy atom. The van der Waals surface area contributed by atoms with Crippen molar-refractivity contribution in [2.75, 3.05) is 0 Å². The van der Waals surface area contributed by atoms with Crippen molar-refractivity contribution in [2.24, 2.45) is 0 Å². The Morgan fingerprint density at radius 3 is 2.62 bits per heavy atom. The number of pyridine rings is 1. The van der Waals surface area contributed by atoms with E-state index >= 15 is 0 Å². The third kappa shape index (κ3) is 3.87. The number of nitrogens with zero attached hydrogens (tertiary/aromatic N) is 2. The molecule has 1 unspecified atom stereocenters. The summed E-state index contributed by atoms with van der Waals surface area (Å²) in [7, 11) is 0. The number of hydrogen-bond acceptors (Lipinski definition) is 4. The van der Waals surface area contributed by atoms with Crippen LogP contribution >= 0.6 is 11.8 Å². The quantitative estimate of drug-likeness (QED) is 0.656. The molecule has 0 amide bonds. The highest BCUT2D eigenvalue weighted by molar-refractivity contribution is 8.00. The summed E-state index contributed by atoms with van der Waals surface area (Å²) in [6, 6.07) is 15.9. The van der Waals surface area contributed by atoms with Gasteiger partial charge in [-0.3, -0.25) is 9.78 Å². The fourth-order valence-electron chi connectivity index (χ4n) is 2.90. The summed E-state index contributed by atoms with van der Waals surface area (Å²) < 4.78 is 0. The molecule has 0 aliphatic carbocycles. The second kappa shape index (κ2) is 8.03. The maximum Gasteiger partial charge on any atom is 0.316 e. The molecule has 0 bridgehead atoms. The van der Waals surface area contributed by atoms with Gasteiger partial charge in [0.15, 0.2) is 0 Å². The van der Waals surface area contributed by atoms with E-state index in [0.29, 0.717) is 5.56 Å². The lowest BCUT2D eigenvalue weighted by molar-refractivity contribution is -0.136. The van der Waals surface area contributed by atoms with Crippen molar-refractivity contribution in [3.05, 3.63) is 71.5 Å². The van der Waals surface area contributed by atoms with Crippen LogP contribution in [0.1, 0.15) is 23.6 Å². The van der Waals surface area contributed by atoms with Gasteiger partial charge >= 0.3 is 5.97 Å². The molecule has 0 radical (unpaired) electrons. The molecule has 0 aliphatic heterocycles. The predicted octanol–water partition coefficient (Wildman–Crippen LogP) is 4.46. The van der Waals surface area contributed by atoms with Crippen LogP contribution in [0.3, 0.4) is 0 Å². The SMILES string of the molecule is CC(Sc1ccncc1CCc1ccc(C#N)c2ccccc12)C(=O)O. The van der Waals surface area contributed by atoms with Gasteiger partial charge in [0.05, 0.1) is 11.6 Å². The van der Waals surface area contributed by atoms with E-state index in [0.717, 1.165) is 34.1 Å². The van der Waals surface area contributed by atoms with E-state index in [1.54, 1.807) is 13.1 Å². The highest BCUT2D eigenvalue weighted by Gasteiger charge is 2.15. The number of carboxylic acids is 1. The average Bonchev–Trinajstić information content (AvgIpc) is 2.67. The first-order chi connectivity index (χ1) is 12.6. The van der Waals surface area contributed by atoms with Gasteiger partial charge in [0.25, 0.3) is 0 Å². The minimum Gasteiger partial charge on any atom is -0.480 e. The van der Waals surface area contributed by atoms with Crippen LogP contribution in [0.25, 0.3) is 10.8 Å². The van der Waals surface area contributed by atoms with Crippen molar-refractivity contribution in [3.8, 4) is 6.07 Å². The zero-order valence-electron chi connectivity index (χ0n) is 14.3. The van der Waals surface area contributed by atoms with Crippen molar-refractivity contribution < 1.29 is 9.90 Å². The monoisotopic (exact) mass is 362 g/mol. The van der Waals surface area contributed by atoms with E-state index in [4.69, 9.17) is 5.11 Å². The van der Waals surface area contributed by atoms with Crippen molar-refractivity contribution in [1.29, 1.82) is 5.26 Å². The summed E-state index contributed by atoms with van der Waals surface area (Å²) in [6.45, 7) is 1.69. The van der Waals surface area contributed by atoms with Gasteiger partial charge in [-0.1, -0.05) is 30.3 Å². The molecular weight excluding hydrogens is 344 g/mol. The number of nitriles is 1. The Bertz CT molecular complexity index is 995. The Kier molecular flexibility index (Phi) is 5.55. The minimum absolute atomic E-state index is 0.508. The summed E-state index contributed by atoms with van der Waals surface area (Å²) in [5.74, 6) is -0.823. The van der Waals surface area contributed by atoms with E-state index in [9.17, 15) is 10.1 Å². The van der Waals surface area contributed by atoms with Gasteiger partial charge in [-0.2, -0.15) is 5.26 Å². The van der Waals surface area contributed by atoms with Gasteiger partial charge in [0, 0.05) is 17.3 Å². The van der Waals surface area contributed by atoms with E-state index in [1.807, 2.05) is 48.7 Å². The number of carbonyl (C=O) groups is 1. The Hall–Kier alpha value is -2.84. The molecule has 0 fully saturated rings. The summed E-state index contributed by atoms with van der Waals surface area (Å²) in [4.78, 5) is 16.3. The zero-order valence-corrected chi connectivity index (χ0v) is 15.2. The van der Waals surface area contributed by atoms with Gasteiger partial charge in [0.2, 0.25) is 0 Å². The molecule has 0 spiro atoms. The van der Waals surface area contributed by atoms with Crippen molar-refractivity contribution in [2.45, 2.75) is 29.9 Å². The lowest BCUT2D eigenvalue weighted by Gasteiger charge is -2.12. The molecular formula is C21H18N2O2S. The number of benzene rings is 2. The number of aryl methyl sites for hydroxylation is 2. The van der Waals surface area contributed by atoms with Crippen molar-refractivity contribution in [3.63, 3.8) is 0 Å². The molecule has 26 heavy (non-hydrogen) atoms. The van der Waals surface area contributed by atoms with Crippen LogP contribution in [0.2, 0.25) is 0 Å². The van der Waals surface area contributed by atoms with Gasteiger partial charge in [-0.15, -0.1) is 11.8 Å². The number of carboxylic acid groups (broad SMARTS) is 1. The second-order valence-electron chi connectivity index (χ2n) is 6.01. The largest absolute Gasteiger partial charge is 0.480 e. The lowest BCUT2D eigenvalue weighted by atomic mass is 9.96. The predicted molar refractivity (Wildman–Crippen MR) is 103 cm³/mol. The van der Waals surface area contributed by atoms with Crippen molar-refractivity contribution in [1.82, 2.24) is 4.98 Å². The number of thioether (sulfide) groups is 1. The Morgan fingerprint density at radius 1 is 1.15 bits per heavy atom. The standard InChI is InChI=1S/C21H18N2O2S/c1-14(21(24)25)26-20-10-11-23-13-17(20)9-7-15-6-8-16(12-22)19-5-3-2-4-18(15)19/h2-6,8,10-11,13-14H,7,9H2,1H3,(H,24,25). The molecule has 130 valence electrons. The number of hydrogen-bond donors (Lipinski definition) is 1. The molecule has 3 rings (SSSR count). The van der Waals surface area contributed by atoms with Crippen LogP contribution in [0.5, 0.6) is 0 Å². The van der Waals surface area contributed by atoms with Crippen LogP contribution in [0.15, 0.2) is 59.8 Å². The van der Waals surface area contributed by atoms with Crippen LogP contribution in [-0.2, 0) is 17.6 Å². The fourth-order valence-corrected chi connectivity index (χ4v) is 3.83. The Labute approximate surface area is 156 Å². The zero-order chi connectivity index (χ0) is 18.5. The maximum atomic E-state index is 11.1. The summed E-state index contributed by atoms with van der Waals surface area (Å²) in [5.41, 5.74) is 2.89. The average molecular weight is 362 g/mol. The number of aromatic nitrogens is 1. The van der Waals surface area contributed by atoms with Crippen LogP contribution in [-0.4, -0.2) is 21.3 Å². The third-order valence-electron chi connectivity index (χ3n) is 4.31. The lowest BCUT2D eigenvalue weighted by Crippen LogP contribution is -2.11. The molecule has 1 aromatic heterocycles. The first kappa shape index (κ1) is 18.0. The summed E-state index contributed by atoms with van der Waals surface area (Å²) >= 11 is 1.34. The molecule has 4 nitrogen and oxygen atoms in total. The molecule has 0 aliphatic rings. The minimum atomic E-state index is -0.823. The second-order valence-corrected chi connectivity index (χ2v) is 7.39. The molecule has 1 N–H and O–H groups in total. The number of aliphatic carboxylic acids is 1. The molecule has 1 atom stereocenters. The Balaban J connectivity index is 1.86. The first-order valence-corrected chi connectivity index (χ1v) is 9.21. The molecule has 5 heteroatoms. The van der Waals surface area contributed by atoms with Crippen LogP contribution < -0.4 is 0 Å². The maximum absolute atomic E-state index is 11.1. The molecule has 2 aromatic carbocycles. The van der Waals surface area contributed by atoms with Gasteiger partial charge < -0.3 is 5.11 Å².